The summed E-state index contributed by atoms with van der Waals surface area (Å²) < 4.78 is 26.0. The summed E-state index contributed by atoms with van der Waals surface area (Å²) in [6.07, 6.45) is 0. The number of nitriles is 1. The monoisotopic (exact) mass is 239 g/mol. The molecule has 86 valence electrons. The Kier molecular flexibility index (Phi) is 4.43. The van der Waals surface area contributed by atoms with Gasteiger partial charge in [-0.2, -0.15) is 5.26 Å². The quantitative estimate of drug-likeness (QED) is 0.712. The second-order valence-corrected chi connectivity index (χ2v) is 4.84. The minimum atomic E-state index is -3.59. The van der Waals surface area contributed by atoms with E-state index in [4.69, 9.17) is 5.26 Å². The Hall–Kier alpha value is -1.42. The second-order valence-electron chi connectivity index (χ2n) is 3.11. The van der Waals surface area contributed by atoms with Gasteiger partial charge in [0.15, 0.2) is 0 Å². The highest BCUT2D eigenvalue weighted by Gasteiger charge is 2.16. The van der Waals surface area contributed by atoms with Crippen molar-refractivity contribution in [3.8, 4) is 6.07 Å². The lowest BCUT2D eigenvalue weighted by Gasteiger charge is -2.07. The standard InChI is InChI=1S/C10H13N3O2S/c1-12-6-7-13-16(14,15)10-5-3-2-4-9(10)8-11/h2-5,12-13H,6-7H2,1H3. The van der Waals surface area contributed by atoms with Gasteiger partial charge in [-0.25, -0.2) is 13.1 Å². The van der Waals surface area contributed by atoms with E-state index in [1.165, 1.54) is 12.1 Å². The van der Waals surface area contributed by atoms with Crippen molar-refractivity contribution in [1.29, 1.82) is 5.26 Å². The van der Waals surface area contributed by atoms with E-state index >= 15 is 0 Å². The highest BCUT2D eigenvalue weighted by Crippen LogP contribution is 2.13. The fourth-order valence-corrected chi connectivity index (χ4v) is 2.37. The number of likely N-dealkylation sites (N-methyl/N-ethyl adjacent to an activating group) is 1. The molecule has 0 saturated carbocycles. The van der Waals surface area contributed by atoms with Crippen LogP contribution in [0.5, 0.6) is 0 Å². The Morgan fingerprint density at radius 1 is 1.31 bits per heavy atom. The summed E-state index contributed by atoms with van der Waals surface area (Å²) in [5.41, 5.74) is 0.152. The van der Waals surface area contributed by atoms with Crippen molar-refractivity contribution in [2.45, 2.75) is 4.90 Å². The van der Waals surface area contributed by atoms with Crippen molar-refractivity contribution >= 4 is 10.0 Å². The Morgan fingerprint density at radius 2 is 2.00 bits per heavy atom. The summed E-state index contributed by atoms with van der Waals surface area (Å²) in [5, 5.41) is 11.6. The van der Waals surface area contributed by atoms with Crippen LogP contribution in [0.25, 0.3) is 0 Å². The van der Waals surface area contributed by atoms with Crippen molar-refractivity contribution in [3.05, 3.63) is 29.8 Å². The molecule has 0 bridgehead atoms. The number of sulfonamides is 1. The molecule has 0 saturated heterocycles. The van der Waals surface area contributed by atoms with Crippen LogP contribution in [-0.4, -0.2) is 28.6 Å². The summed E-state index contributed by atoms with van der Waals surface area (Å²) in [4.78, 5) is 0.0219. The second kappa shape index (κ2) is 5.61. The lowest BCUT2D eigenvalue weighted by atomic mass is 10.2. The maximum atomic E-state index is 11.8. The Labute approximate surface area is 95.1 Å². The molecule has 0 unspecified atom stereocenters. The zero-order valence-corrected chi connectivity index (χ0v) is 9.71. The first kappa shape index (κ1) is 12.6. The highest BCUT2D eigenvalue weighted by atomic mass is 32.2. The number of hydrogen-bond donors (Lipinski definition) is 2. The van der Waals surface area contributed by atoms with Gasteiger partial charge in [0.2, 0.25) is 10.0 Å². The van der Waals surface area contributed by atoms with Crippen LogP contribution in [0.2, 0.25) is 0 Å². The molecular weight excluding hydrogens is 226 g/mol. The van der Waals surface area contributed by atoms with E-state index in [0.29, 0.717) is 13.1 Å². The average molecular weight is 239 g/mol. The molecule has 16 heavy (non-hydrogen) atoms. The normalized spacial score (nSPS) is 11.0. The Morgan fingerprint density at radius 3 is 2.62 bits per heavy atom. The van der Waals surface area contributed by atoms with Gasteiger partial charge in [0.05, 0.1) is 10.5 Å². The Balaban J connectivity index is 2.95. The third-order valence-corrected chi connectivity index (χ3v) is 3.48. The van der Waals surface area contributed by atoms with E-state index in [9.17, 15) is 8.42 Å². The van der Waals surface area contributed by atoms with Crippen LogP contribution < -0.4 is 10.0 Å². The summed E-state index contributed by atoms with van der Waals surface area (Å²) in [6, 6.07) is 7.97. The Bertz CT molecular complexity index is 491. The molecule has 0 fully saturated rings. The molecule has 0 spiro atoms. The van der Waals surface area contributed by atoms with Crippen LogP contribution in [0.15, 0.2) is 29.2 Å². The van der Waals surface area contributed by atoms with Gasteiger partial charge in [-0.1, -0.05) is 12.1 Å². The van der Waals surface area contributed by atoms with Gasteiger partial charge in [-0.05, 0) is 19.2 Å². The molecule has 2 N–H and O–H groups in total. The topological polar surface area (TPSA) is 82.0 Å². The zero-order valence-electron chi connectivity index (χ0n) is 8.90. The van der Waals surface area contributed by atoms with Gasteiger partial charge in [0, 0.05) is 13.1 Å². The molecule has 0 atom stereocenters. The lowest BCUT2D eigenvalue weighted by Crippen LogP contribution is -2.30. The molecule has 6 heteroatoms. The van der Waals surface area contributed by atoms with E-state index in [2.05, 4.69) is 10.0 Å². The van der Waals surface area contributed by atoms with Gasteiger partial charge in [-0.3, -0.25) is 0 Å². The molecule has 0 amide bonds. The summed E-state index contributed by atoms with van der Waals surface area (Å²) in [5.74, 6) is 0. The van der Waals surface area contributed by atoms with Crippen LogP contribution in [-0.2, 0) is 10.0 Å². The molecule has 0 aliphatic heterocycles. The lowest BCUT2D eigenvalue weighted by molar-refractivity contribution is 0.579. The van der Waals surface area contributed by atoms with E-state index in [-0.39, 0.29) is 10.5 Å². The minimum absolute atomic E-state index is 0.0219. The molecular formula is C10H13N3O2S. The predicted octanol–water partition coefficient (Wildman–Crippen LogP) is 0.0560. The fraction of sp³-hybridized carbons (Fsp3) is 0.300. The van der Waals surface area contributed by atoms with Crippen molar-refractivity contribution in [1.82, 2.24) is 10.0 Å². The van der Waals surface area contributed by atoms with E-state index < -0.39 is 10.0 Å². The van der Waals surface area contributed by atoms with Crippen molar-refractivity contribution < 1.29 is 8.42 Å². The van der Waals surface area contributed by atoms with Gasteiger partial charge < -0.3 is 5.32 Å². The van der Waals surface area contributed by atoms with E-state index in [0.717, 1.165) is 0 Å². The molecule has 0 heterocycles. The van der Waals surface area contributed by atoms with E-state index in [1.807, 2.05) is 6.07 Å². The third-order valence-electron chi connectivity index (χ3n) is 1.96. The minimum Gasteiger partial charge on any atom is -0.318 e. The molecule has 0 aromatic heterocycles. The third kappa shape index (κ3) is 3.03. The molecule has 0 radical (unpaired) electrons. The van der Waals surface area contributed by atoms with Crippen LogP contribution >= 0.6 is 0 Å². The maximum absolute atomic E-state index is 11.8. The number of nitrogens with zero attached hydrogens (tertiary/aromatic N) is 1. The number of rotatable bonds is 5. The van der Waals surface area contributed by atoms with Crippen LogP contribution in [0.4, 0.5) is 0 Å². The summed E-state index contributed by atoms with van der Waals surface area (Å²) in [6.45, 7) is 0.826. The van der Waals surface area contributed by atoms with E-state index in [1.54, 1.807) is 19.2 Å². The first-order chi connectivity index (χ1) is 7.61. The SMILES string of the molecule is CNCCNS(=O)(=O)c1ccccc1C#N. The first-order valence-corrected chi connectivity index (χ1v) is 6.23. The van der Waals surface area contributed by atoms with Gasteiger partial charge in [0.25, 0.3) is 0 Å². The molecule has 5 nitrogen and oxygen atoms in total. The highest BCUT2D eigenvalue weighted by molar-refractivity contribution is 7.89. The van der Waals surface area contributed by atoms with Gasteiger partial charge in [-0.15, -0.1) is 0 Å². The van der Waals surface area contributed by atoms with Crippen molar-refractivity contribution in [3.63, 3.8) is 0 Å². The molecule has 1 aromatic carbocycles. The molecule has 0 aliphatic rings. The maximum Gasteiger partial charge on any atom is 0.241 e. The summed E-state index contributed by atoms with van der Waals surface area (Å²) >= 11 is 0. The number of benzene rings is 1. The van der Waals surface area contributed by atoms with Crippen LogP contribution in [0, 0.1) is 11.3 Å². The molecule has 1 aromatic rings. The summed E-state index contributed by atoms with van der Waals surface area (Å²) in [7, 11) is -1.85. The number of hydrogen-bond acceptors (Lipinski definition) is 4. The zero-order chi connectivity index (χ0) is 12.0. The largest absolute Gasteiger partial charge is 0.318 e. The molecule has 1 rings (SSSR count). The van der Waals surface area contributed by atoms with Crippen LogP contribution in [0.1, 0.15) is 5.56 Å². The van der Waals surface area contributed by atoms with Gasteiger partial charge >= 0.3 is 0 Å². The molecule has 0 aliphatic carbocycles. The fourth-order valence-electron chi connectivity index (χ4n) is 1.18. The van der Waals surface area contributed by atoms with Crippen molar-refractivity contribution in [2.24, 2.45) is 0 Å². The van der Waals surface area contributed by atoms with Crippen LogP contribution in [0.3, 0.4) is 0 Å². The first-order valence-electron chi connectivity index (χ1n) is 4.75. The predicted molar refractivity (Wildman–Crippen MR) is 60.3 cm³/mol. The average Bonchev–Trinajstić information content (AvgIpc) is 2.29. The smallest absolute Gasteiger partial charge is 0.241 e. The number of nitrogens with one attached hydrogen (secondary N) is 2. The van der Waals surface area contributed by atoms with Crippen molar-refractivity contribution in [2.75, 3.05) is 20.1 Å². The van der Waals surface area contributed by atoms with Gasteiger partial charge in [0.1, 0.15) is 6.07 Å².